The zero-order valence-electron chi connectivity index (χ0n) is 16.7. The number of rotatable bonds is 2. The van der Waals surface area contributed by atoms with Crippen LogP contribution in [0.3, 0.4) is 0 Å². The third-order valence-corrected chi connectivity index (χ3v) is 6.57. The Morgan fingerprint density at radius 2 is 1.93 bits per heavy atom. The summed E-state index contributed by atoms with van der Waals surface area (Å²) in [5.74, 6) is 3.24. The average Bonchev–Trinajstić information content (AvgIpc) is 3.27. The van der Waals surface area contributed by atoms with E-state index in [4.69, 9.17) is 11.4 Å². The molecule has 3 aliphatic heterocycles. The van der Waals surface area contributed by atoms with Crippen molar-refractivity contribution in [1.29, 1.82) is 0 Å². The second-order valence-electron chi connectivity index (χ2n) is 7.52. The first-order valence-electron chi connectivity index (χ1n) is 9.91. The minimum absolute atomic E-state index is 0.115. The van der Waals surface area contributed by atoms with Crippen LogP contribution in [0.15, 0.2) is 58.3 Å². The summed E-state index contributed by atoms with van der Waals surface area (Å²) in [5.41, 5.74) is 3.10. The van der Waals surface area contributed by atoms with Crippen LogP contribution in [0.5, 0.6) is 0 Å². The number of carbonyl (C=O) groups excluding carboxylic acids is 1. The van der Waals surface area contributed by atoms with Gasteiger partial charge in [-0.15, -0.1) is 17.8 Å². The maximum Gasteiger partial charge on any atom is 0.284 e. The van der Waals surface area contributed by atoms with Crippen molar-refractivity contribution in [3.8, 4) is 12.3 Å². The largest absolute Gasteiger partial charge is 0.373 e. The Hall–Kier alpha value is -3.21. The van der Waals surface area contributed by atoms with Crippen molar-refractivity contribution in [1.82, 2.24) is 9.80 Å². The van der Waals surface area contributed by atoms with Gasteiger partial charge >= 0.3 is 0 Å². The molecule has 30 heavy (non-hydrogen) atoms. The quantitative estimate of drug-likeness (QED) is 0.559. The average molecular weight is 416 g/mol. The molecule has 0 unspecified atom stereocenters. The van der Waals surface area contributed by atoms with Crippen LogP contribution < -0.4 is 4.90 Å². The lowest BCUT2D eigenvalue weighted by molar-refractivity contribution is -0.114. The number of hydrogen-bond donors (Lipinski definition) is 0. The van der Waals surface area contributed by atoms with E-state index in [1.165, 1.54) is 11.3 Å². The highest BCUT2D eigenvalue weighted by Gasteiger charge is 2.37. The van der Waals surface area contributed by atoms with Gasteiger partial charge in [0.05, 0.1) is 27.7 Å². The Bertz CT molecular complexity index is 1130. The molecule has 2 aromatic rings. The number of amidine groups is 1. The van der Waals surface area contributed by atoms with E-state index < -0.39 is 0 Å². The monoisotopic (exact) mass is 415 g/mol. The van der Waals surface area contributed by atoms with Crippen LogP contribution in [0.2, 0.25) is 0 Å². The molecule has 1 aromatic carbocycles. The molecule has 0 saturated carbocycles. The molecule has 1 fully saturated rings. The van der Waals surface area contributed by atoms with Crippen LogP contribution >= 0.6 is 11.3 Å². The summed E-state index contributed by atoms with van der Waals surface area (Å²) in [6.07, 6.45) is 7.58. The van der Waals surface area contributed by atoms with Crippen molar-refractivity contribution in [3.05, 3.63) is 63.6 Å². The smallest absolute Gasteiger partial charge is 0.284 e. The van der Waals surface area contributed by atoms with E-state index >= 15 is 0 Å². The molecule has 3 aliphatic rings. The maximum absolute atomic E-state index is 13.3. The first-order chi connectivity index (χ1) is 14.6. The van der Waals surface area contributed by atoms with E-state index in [1.54, 1.807) is 4.90 Å². The number of carbonyl (C=O) groups is 1. The zero-order valence-corrected chi connectivity index (χ0v) is 17.5. The standard InChI is InChI=1S/C23H21N5OS/c1-3-17-13-19-22(30-17)21(16-7-5-4-6-8-16)24-14-20-25-18(23(29)28(19)20)15-27-11-9-26(2)10-12-27/h1,4-8,13,15H,9-12,14H2,2H3. The lowest BCUT2D eigenvalue weighted by Gasteiger charge is -2.31. The van der Waals surface area contributed by atoms with E-state index in [9.17, 15) is 4.79 Å². The second kappa shape index (κ2) is 7.56. The Balaban J connectivity index is 1.55. The van der Waals surface area contributed by atoms with Crippen LogP contribution in [-0.4, -0.2) is 67.0 Å². The third kappa shape index (κ3) is 3.24. The fourth-order valence-electron chi connectivity index (χ4n) is 3.86. The zero-order chi connectivity index (χ0) is 20.7. The van der Waals surface area contributed by atoms with E-state index in [0.717, 1.165) is 52.9 Å². The minimum Gasteiger partial charge on any atom is -0.373 e. The molecular weight excluding hydrogens is 394 g/mol. The number of fused-ring (bicyclic) bond motifs is 3. The third-order valence-electron chi connectivity index (χ3n) is 5.51. The van der Waals surface area contributed by atoms with Gasteiger partial charge in [0.25, 0.3) is 5.91 Å². The number of terminal acetylenes is 1. The van der Waals surface area contributed by atoms with Gasteiger partial charge in [-0.25, -0.2) is 4.99 Å². The van der Waals surface area contributed by atoms with Gasteiger partial charge in [-0.05, 0) is 13.1 Å². The van der Waals surface area contributed by atoms with Gasteiger partial charge in [0.1, 0.15) is 11.5 Å². The Morgan fingerprint density at radius 1 is 1.17 bits per heavy atom. The fraction of sp³-hybridized carbons (Fsp3) is 0.261. The first-order valence-corrected chi connectivity index (χ1v) is 10.7. The SMILES string of the molecule is C#Cc1cc2c(s1)C(c1ccccc1)=NCC1=NC(=CN3CCN(C)CC3)C(=O)N12. The number of likely N-dealkylation sites (N-methyl/N-ethyl adjacent to an activating group) is 1. The van der Waals surface area contributed by atoms with Gasteiger partial charge in [0, 0.05) is 37.9 Å². The van der Waals surface area contributed by atoms with Crippen LogP contribution in [0.4, 0.5) is 5.69 Å². The van der Waals surface area contributed by atoms with Gasteiger partial charge in [-0.1, -0.05) is 36.3 Å². The summed E-state index contributed by atoms with van der Waals surface area (Å²) in [6.45, 7) is 4.08. The summed E-state index contributed by atoms with van der Waals surface area (Å²) in [6, 6.07) is 11.9. The molecule has 0 aliphatic carbocycles. The summed E-state index contributed by atoms with van der Waals surface area (Å²) < 4.78 is 0. The second-order valence-corrected chi connectivity index (χ2v) is 8.57. The van der Waals surface area contributed by atoms with Gasteiger partial charge in [-0.2, -0.15) is 0 Å². The van der Waals surface area contributed by atoms with E-state index in [2.05, 4.69) is 27.8 Å². The summed E-state index contributed by atoms with van der Waals surface area (Å²) in [4.78, 5) is 30.7. The molecule has 0 spiro atoms. The number of nitrogens with zero attached hydrogens (tertiary/aromatic N) is 5. The molecular formula is C23H21N5OS. The molecule has 150 valence electrons. The Morgan fingerprint density at radius 3 is 2.67 bits per heavy atom. The molecule has 6 nitrogen and oxygen atoms in total. The highest BCUT2D eigenvalue weighted by Crippen LogP contribution is 2.37. The van der Waals surface area contributed by atoms with Crippen molar-refractivity contribution < 1.29 is 4.79 Å². The minimum atomic E-state index is -0.115. The molecule has 7 heteroatoms. The molecule has 1 amide bonds. The van der Waals surface area contributed by atoms with E-state index in [-0.39, 0.29) is 5.91 Å². The highest BCUT2D eigenvalue weighted by molar-refractivity contribution is 7.15. The molecule has 1 aromatic heterocycles. The fourth-order valence-corrected chi connectivity index (χ4v) is 4.84. The summed E-state index contributed by atoms with van der Waals surface area (Å²) in [5, 5.41) is 0. The summed E-state index contributed by atoms with van der Waals surface area (Å²) >= 11 is 1.49. The van der Waals surface area contributed by atoms with E-state index in [1.807, 2.05) is 42.6 Å². The molecule has 0 bridgehead atoms. The number of aliphatic imine (C=N–C) groups is 2. The molecule has 5 rings (SSSR count). The van der Waals surface area contributed by atoms with Gasteiger partial charge in [0.15, 0.2) is 0 Å². The highest BCUT2D eigenvalue weighted by atomic mass is 32.1. The molecule has 0 radical (unpaired) electrons. The summed E-state index contributed by atoms with van der Waals surface area (Å²) in [7, 11) is 2.11. The number of anilines is 1. The van der Waals surface area contributed by atoms with Crippen LogP contribution in [0.1, 0.15) is 15.3 Å². The number of thiophene rings is 1. The predicted molar refractivity (Wildman–Crippen MR) is 121 cm³/mol. The lowest BCUT2D eigenvalue weighted by Crippen LogP contribution is -2.42. The van der Waals surface area contributed by atoms with Crippen LogP contribution in [-0.2, 0) is 4.79 Å². The van der Waals surface area contributed by atoms with Gasteiger partial charge in [-0.3, -0.25) is 14.7 Å². The number of hydrogen-bond acceptors (Lipinski definition) is 6. The molecule has 0 atom stereocenters. The lowest BCUT2D eigenvalue weighted by atomic mass is 10.1. The molecule has 1 saturated heterocycles. The predicted octanol–water partition coefficient (Wildman–Crippen LogP) is 2.41. The van der Waals surface area contributed by atoms with Gasteiger partial charge < -0.3 is 9.80 Å². The normalized spacial score (nSPS) is 20.4. The maximum atomic E-state index is 13.3. The number of amides is 1. The van der Waals surface area contributed by atoms with Crippen molar-refractivity contribution in [3.63, 3.8) is 0 Å². The van der Waals surface area contributed by atoms with Crippen molar-refractivity contribution >= 4 is 34.5 Å². The van der Waals surface area contributed by atoms with Crippen molar-refractivity contribution in [2.24, 2.45) is 9.98 Å². The molecule has 4 heterocycles. The van der Waals surface area contributed by atoms with E-state index in [0.29, 0.717) is 18.1 Å². The van der Waals surface area contributed by atoms with Crippen molar-refractivity contribution in [2.75, 3.05) is 44.7 Å². The molecule has 0 N–H and O–H groups in total. The van der Waals surface area contributed by atoms with Crippen molar-refractivity contribution in [2.45, 2.75) is 0 Å². The Kier molecular flexibility index (Phi) is 4.74. The van der Waals surface area contributed by atoms with Crippen LogP contribution in [0, 0.1) is 12.3 Å². The number of piperazine rings is 1. The first kappa shape index (κ1) is 18.8. The number of benzene rings is 1. The van der Waals surface area contributed by atoms with Crippen LogP contribution in [0.25, 0.3) is 0 Å². The van der Waals surface area contributed by atoms with Gasteiger partial charge in [0.2, 0.25) is 0 Å². The Labute approximate surface area is 179 Å². The topological polar surface area (TPSA) is 51.5 Å².